The van der Waals surface area contributed by atoms with Gasteiger partial charge in [0, 0.05) is 0 Å². The van der Waals surface area contributed by atoms with Crippen LogP contribution in [0, 0.1) is 5.92 Å². The Morgan fingerprint density at radius 2 is 1.68 bits per heavy atom. The average molecular weight is 352 g/mol. The smallest absolute Gasteiger partial charge is 0.229 e. The fraction of sp³-hybridized carbons (Fsp3) is 0.700. The van der Waals surface area contributed by atoms with Crippen LogP contribution in [0.4, 0.5) is 0 Å². The van der Waals surface area contributed by atoms with Gasteiger partial charge in [-0.15, -0.1) is 0 Å². The Bertz CT molecular complexity index is 499. The van der Waals surface area contributed by atoms with E-state index in [1.807, 2.05) is 31.2 Å². The second-order valence-corrected chi connectivity index (χ2v) is 7.32. The van der Waals surface area contributed by atoms with Gasteiger partial charge in [-0.3, -0.25) is 0 Å². The molecule has 1 aliphatic heterocycles. The highest BCUT2D eigenvalue weighted by Gasteiger charge is 2.44. The van der Waals surface area contributed by atoms with E-state index in [1.54, 1.807) is 0 Å². The van der Waals surface area contributed by atoms with Gasteiger partial charge in [-0.2, -0.15) is 0 Å². The molecule has 0 saturated carbocycles. The van der Waals surface area contributed by atoms with Crippen LogP contribution in [0.15, 0.2) is 24.3 Å². The summed E-state index contributed by atoms with van der Waals surface area (Å²) in [7, 11) is 0. The summed E-state index contributed by atoms with van der Waals surface area (Å²) in [6.45, 7) is 6.34. The van der Waals surface area contributed by atoms with Gasteiger partial charge in [0.05, 0.1) is 6.10 Å². The van der Waals surface area contributed by atoms with Gasteiger partial charge in [-0.1, -0.05) is 45.7 Å². The molecule has 0 aromatic heterocycles. The van der Waals surface area contributed by atoms with Gasteiger partial charge in [0.1, 0.15) is 24.1 Å². The highest BCUT2D eigenvalue weighted by Crippen LogP contribution is 2.26. The van der Waals surface area contributed by atoms with Gasteiger partial charge in [0.15, 0.2) is 0 Å². The predicted octanol–water partition coefficient (Wildman–Crippen LogP) is 2.65. The standard InChI is InChI=1S/C20H32O5/c1-4-16-17(21)18(22)19(23)20(25-16)24-15-11-9-14(10-12-15)8-6-5-7-13(2)3/h9-13,16-23H,4-8H2,1-3H3. The second-order valence-electron chi connectivity index (χ2n) is 7.32. The lowest BCUT2D eigenvalue weighted by Gasteiger charge is -2.40. The van der Waals surface area contributed by atoms with E-state index in [1.165, 1.54) is 24.8 Å². The van der Waals surface area contributed by atoms with E-state index in [4.69, 9.17) is 9.47 Å². The largest absolute Gasteiger partial charge is 0.462 e. The zero-order chi connectivity index (χ0) is 18.4. The zero-order valence-corrected chi connectivity index (χ0v) is 15.5. The lowest BCUT2D eigenvalue weighted by Crippen LogP contribution is -2.58. The van der Waals surface area contributed by atoms with Crippen molar-refractivity contribution in [2.24, 2.45) is 5.92 Å². The molecule has 25 heavy (non-hydrogen) atoms. The van der Waals surface area contributed by atoms with Crippen molar-refractivity contribution in [1.82, 2.24) is 0 Å². The van der Waals surface area contributed by atoms with Crippen LogP contribution in [0.25, 0.3) is 0 Å². The Labute approximate surface area is 150 Å². The number of aryl methyl sites for hydroxylation is 1. The average Bonchev–Trinajstić information content (AvgIpc) is 2.60. The molecule has 0 spiro atoms. The summed E-state index contributed by atoms with van der Waals surface area (Å²) in [5.41, 5.74) is 1.25. The third kappa shape index (κ3) is 5.68. The first-order valence-electron chi connectivity index (χ1n) is 9.37. The van der Waals surface area contributed by atoms with Crippen LogP contribution in [0.2, 0.25) is 0 Å². The molecular formula is C20H32O5. The fourth-order valence-electron chi connectivity index (χ4n) is 3.10. The van der Waals surface area contributed by atoms with Crippen molar-refractivity contribution in [3.8, 4) is 5.75 Å². The molecule has 5 nitrogen and oxygen atoms in total. The van der Waals surface area contributed by atoms with Crippen molar-refractivity contribution in [3.63, 3.8) is 0 Å². The summed E-state index contributed by atoms with van der Waals surface area (Å²) in [6, 6.07) is 7.74. The third-order valence-electron chi connectivity index (χ3n) is 4.74. The number of unbranched alkanes of at least 4 members (excludes halogenated alkanes) is 1. The van der Waals surface area contributed by atoms with Crippen molar-refractivity contribution in [1.29, 1.82) is 0 Å². The van der Waals surface area contributed by atoms with Crippen LogP contribution in [0.1, 0.15) is 52.0 Å². The van der Waals surface area contributed by atoms with E-state index in [2.05, 4.69) is 13.8 Å². The predicted molar refractivity (Wildman–Crippen MR) is 96.4 cm³/mol. The number of ether oxygens (including phenoxy) is 2. The normalized spacial score (nSPS) is 29.8. The molecular weight excluding hydrogens is 320 g/mol. The molecule has 5 heteroatoms. The van der Waals surface area contributed by atoms with Crippen molar-refractivity contribution in [2.45, 2.75) is 83.6 Å². The van der Waals surface area contributed by atoms with Crippen LogP contribution in [0.3, 0.4) is 0 Å². The maximum Gasteiger partial charge on any atom is 0.229 e. The Morgan fingerprint density at radius 1 is 1.00 bits per heavy atom. The Hall–Kier alpha value is -1.14. The van der Waals surface area contributed by atoms with E-state index < -0.39 is 30.7 Å². The molecule has 0 radical (unpaired) electrons. The van der Waals surface area contributed by atoms with Crippen molar-refractivity contribution in [2.75, 3.05) is 0 Å². The maximum atomic E-state index is 10.1. The van der Waals surface area contributed by atoms with Crippen LogP contribution in [0.5, 0.6) is 5.75 Å². The van der Waals surface area contributed by atoms with Crippen molar-refractivity contribution >= 4 is 0 Å². The summed E-state index contributed by atoms with van der Waals surface area (Å²) < 4.78 is 11.3. The highest BCUT2D eigenvalue weighted by molar-refractivity contribution is 5.27. The Kier molecular flexibility index (Phi) is 7.69. The maximum absolute atomic E-state index is 10.1. The molecule has 3 N–H and O–H groups in total. The number of rotatable bonds is 8. The SMILES string of the molecule is CCC1OC(Oc2ccc(CCCCC(C)C)cc2)C(O)C(O)C1O. The quantitative estimate of drug-likeness (QED) is 0.627. The lowest BCUT2D eigenvalue weighted by atomic mass is 9.97. The monoisotopic (exact) mass is 352 g/mol. The van der Waals surface area contributed by atoms with Crippen molar-refractivity contribution in [3.05, 3.63) is 29.8 Å². The van der Waals surface area contributed by atoms with E-state index in [-0.39, 0.29) is 0 Å². The molecule has 0 amide bonds. The lowest BCUT2D eigenvalue weighted by molar-refractivity contribution is -0.272. The molecule has 142 valence electrons. The molecule has 1 saturated heterocycles. The third-order valence-corrected chi connectivity index (χ3v) is 4.74. The summed E-state index contributed by atoms with van der Waals surface area (Å²) in [6.07, 6.45) is 0.0276. The summed E-state index contributed by atoms with van der Waals surface area (Å²) in [4.78, 5) is 0. The fourth-order valence-corrected chi connectivity index (χ4v) is 3.10. The molecule has 0 bridgehead atoms. The van der Waals surface area contributed by atoms with Crippen molar-refractivity contribution < 1.29 is 24.8 Å². The second kappa shape index (κ2) is 9.53. The molecule has 0 aliphatic carbocycles. The van der Waals surface area contributed by atoms with Crippen LogP contribution in [-0.4, -0.2) is 46.0 Å². The molecule has 2 rings (SSSR count). The first-order valence-corrected chi connectivity index (χ1v) is 9.37. The molecule has 1 heterocycles. The van der Waals surface area contributed by atoms with E-state index in [9.17, 15) is 15.3 Å². The summed E-state index contributed by atoms with van der Waals surface area (Å²) >= 11 is 0. The van der Waals surface area contributed by atoms with E-state index in [0.717, 1.165) is 12.3 Å². The van der Waals surface area contributed by atoms with Gasteiger partial charge in [0.2, 0.25) is 6.29 Å². The number of aliphatic hydroxyl groups is 3. The molecule has 5 atom stereocenters. The minimum absolute atomic E-state index is 0.528. The van der Waals surface area contributed by atoms with Gasteiger partial charge in [-0.05, 0) is 42.9 Å². The number of benzene rings is 1. The van der Waals surface area contributed by atoms with E-state index >= 15 is 0 Å². The van der Waals surface area contributed by atoms with Crippen LogP contribution >= 0.6 is 0 Å². The number of aliphatic hydroxyl groups excluding tert-OH is 3. The van der Waals surface area contributed by atoms with Gasteiger partial charge >= 0.3 is 0 Å². The first kappa shape index (κ1) is 20.2. The number of hydrogen-bond acceptors (Lipinski definition) is 5. The minimum atomic E-state index is -1.28. The van der Waals surface area contributed by atoms with Gasteiger partial charge in [-0.25, -0.2) is 0 Å². The molecule has 1 aromatic carbocycles. The topological polar surface area (TPSA) is 79.2 Å². The Balaban J connectivity index is 1.87. The van der Waals surface area contributed by atoms with Gasteiger partial charge in [0.25, 0.3) is 0 Å². The first-order chi connectivity index (χ1) is 11.9. The van der Waals surface area contributed by atoms with E-state index in [0.29, 0.717) is 12.2 Å². The summed E-state index contributed by atoms with van der Waals surface area (Å²) in [5, 5.41) is 29.9. The van der Waals surface area contributed by atoms with Crippen LogP contribution < -0.4 is 4.74 Å². The Morgan fingerprint density at radius 3 is 2.28 bits per heavy atom. The molecule has 5 unspecified atom stereocenters. The molecule has 1 fully saturated rings. The zero-order valence-electron chi connectivity index (χ0n) is 15.5. The molecule has 1 aromatic rings. The number of hydrogen-bond donors (Lipinski definition) is 3. The summed E-state index contributed by atoms with van der Waals surface area (Å²) in [5.74, 6) is 1.33. The minimum Gasteiger partial charge on any atom is -0.462 e. The van der Waals surface area contributed by atoms with Crippen LogP contribution in [-0.2, 0) is 11.2 Å². The molecule has 1 aliphatic rings. The van der Waals surface area contributed by atoms with Gasteiger partial charge < -0.3 is 24.8 Å². The highest BCUT2D eigenvalue weighted by atomic mass is 16.7.